The molecule has 224 valence electrons. The van der Waals surface area contributed by atoms with Crippen LogP contribution in [0.4, 0.5) is 5.95 Å². The molecule has 42 heavy (non-hydrogen) atoms. The van der Waals surface area contributed by atoms with E-state index in [9.17, 15) is 13.2 Å². The van der Waals surface area contributed by atoms with Gasteiger partial charge in [0.25, 0.3) is 15.9 Å². The maximum absolute atomic E-state index is 14.3. The number of nitrogens with zero attached hydrogens (tertiary/aromatic N) is 3. The molecule has 1 aromatic heterocycles. The molecule has 0 radical (unpaired) electrons. The van der Waals surface area contributed by atoms with Crippen molar-refractivity contribution >= 4 is 21.9 Å². The number of amides is 1. The Morgan fingerprint density at radius 2 is 1.67 bits per heavy atom. The molecule has 0 saturated heterocycles. The molecule has 1 aliphatic carbocycles. The molecule has 10 heteroatoms. The van der Waals surface area contributed by atoms with E-state index >= 15 is 0 Å². The van der Waals surface area contributed by atoms with Crippen molar-refractivity contribution in [2.75, 3.05) is 11.3 Å². The van der Waals surface area contributed by atoms with Gasteiger partial charge in [-0.1, -0.05) is 45.0 Å². The number of aryl methyl sites for hydroxylation is 2. The number of sulfonamides is 1. The Hall–Kier alpha value is -3.50. The van der Waals surface area contributed by atoms with E-state index in [0.717, 1.165) is 42.4 Å². The smallest absolute Gasteiger partial charge is 0.264 e. The van der Waals surface area contributed by atoms with Crippen LogP contribution >= 0.6 is 0 Å². The van der Waals surface area contributed by atoms with E-state index in [1.54, 1.807) is 18.2 Å². The minimum atomic E-state index is -4.11. The van der Waals surface area contributed by atoms with Crippen LogP contribution in [0.25, 0.3) is 11.3 Å². The lowest BCUT2D eigenvalue weighted by Gasteiger charge is -2.43. The molecule has 1 amide bonds. The summed E-state index contributed by atoms with van der Waals surface area (Å²) in [4.78, 5) is 25.3. The standard InChI is InChI=1S/C32H41N5O4S/c1-20-8-6-9-21(2)29(20)27-17-28-35-31(34-27)36-42(39,40)26-11-7-10-22(16-26)30(38)37(24-14-12-23(33)13-15-24)25(19-41-28)18-32(3,4)5/h6-11,16-17,23-25H,12-15,18-19,33H2,1-5H3,(H,34,35,36)/t23?,24?,25-/m1/s1. The molecule has 9 nitrogen and oxygen atoms in total. The Labute approximate surface area is 248 Å². The lowest BCUT2D eigenvalue weighted by atomic mass is 9.84. The van der Waals surface area contributed by atoms with E-state index in [0.29, 0.717) is 17.7 Å². The Morgan fingerprint density at radius 3 is 2.33 bits per heavy atom. The van der Waals surface area contributed by atoms with Crippen LogP contribution < -0.4 is 15.2 Å². The van der Waals surface area contributed by atoms with Crippen LogP contribution in [-0.4, -0.2) is 53.9 Å². The van der Waals surface area contributed by atoms with Crippen LogP contribution in [0.15, 0.2) is 53.4 Å². The molecule has 2 heterocycles. The van der Waals surface area contributed by atoms with E-state index in [1.807, 2.05) is 36.9 Å². The second-order valence-corrected chi connectivity index (χ2v) is 14.5. The molecular weight excluding hydrogens is 550 g/mol. The van der Waals surface area contributed by atoms with E-state index in [-0.39, 0.29) is 52.8 Å². The highest BCUT2D eigenvalue weighted by Gasteiger charge is 2.37. The van der Waals surface area contributed by atoms with Crippen molar-refractivity contribution in [2.45, 2.75) is 89.7 Å². The molecule has 2 aromatic carbocycles. The highest BCUT2D eigenvalue weighted by Crippen LogP contribution is 2.34. The van der Waals surface area contributed by atoms with Crippen LogP contribution in [-0.2, 0) is 10.0 Å². The zero-order valence-electron chi connectivity index (χ0n) is 25.1. The largest absolute Gasteiger partial charge is 0.475 e. The van der Waals surface area contributed by atoms with E-state index in [1.165, 1.54) is 12.1 Å². The number of ether oxygens (including phenoxy) is 1. The van der Waals surface area contributed by atoms with Crippen molar-refractivity contribution in [1.29, 1.82) is 0 Å². The predicted molar refractivity (Wildman–Crippen MR) is 164 cm³/mol. The van der Waals surface area contributed by atoms with Crippen LogP contribution in [0, 0.1) is 19.3 Å². The Morgan fingerprint density at radius 1 is 1.00 bits per heavy atom. The SMILES string of the molecule is Cc1cccc(C)c1-c1cc2nc(n1)NS(=O)(=O)c1cccc(c1)C(=O)N(C1CCC(N)CC1)[C@H](CC(C)(C)C)CO2. The number of rotatable bonds is 3. The fourth-order valence-electron chi connectivity index (χ4n) is 6.15. The molecule has 1 saturated carbocycles. The molecule has 1 fully saturated rings. The predicted octanol–water partition coefficient (Wildman–Crippen LogP) is 5.47. The van der Waals surface area contributed by atoms with Crippen LogP contribution in [0.5, 0.6) is 5.88 Å². The van der Waals surface area contributed by atoms with Crippen LogP contribution in [0.2, 0.25) is 0 Å². The summed E-state index contributed by atoms with van der Waals surface area (Å²) in [6.07, 6.45) is 3.89. The first-order chi connectivity index (χ1) is 19.8. The summed E-state index contributed by atoms with van der Waals surface area (Å²) in [6, 6.07) is 13.7. The zero-order valence-corrected chi connectivity index (χ0v) is 25.9. The highest BCUT2D eigenvalue weighted by atomic mass is 32.2. The fourth-order valence-corrected chi connectivity index (χ4v) is 7.14. The van der Waals surface area contributed by atoms with Crippen LogP contribution in [0.3, 0.4) is 0 Å². The maximum Gasteiger partial charge on any atom is 0.264 e. The first kappa shape index (κ1) is 30.0. The number of fused-ring (bicyclic) bond motifs is 4. The lowest BCUT2D eigenvalue weighted by molar-refractivity contribution is 0.0316. The average molecular weight is 592 g/mol. The van der Waals surface area contributed by atoms with Gasteiger partial charge in [0, 0.05) is 29.3 Å². The summed E-state index contributed by atoms with van der Waals surface area (Å²) in [5.41, 5.74) is 9.88. The zero-order chi connectivity index (χ0) is 30.2. The first-order valence-electron chi connectivity index (χ1n) is 14.6. The maximum atomic E-state index is 14.3. The molecule has 4 bridgehead atoms. The van der Waals surface area contributed by atoms with Crippen molar-refractivity contribution in [2.24, 2.45) is 11.1 Å². The van der Waals surface area contributed by atoms with E-state index < -0.39 is 10.0 Å². The summed E-state index contributed by atoms with van der Waals surface area (Å²) < 4.78 is 36.0. The first-order valence-corrected chi connectivity index (χ1v) is 16.1. The number of carbonyl (C=O) groups is 1. The van der Waals surface area contributed by atoms with Gasteiger partial charge in [-0.15, -0.1) is 0 Å². The topological polar surface area (TPSA) is 128 Å². The number of anilines is 1. The van der Waals surface area contributed by atoms with Gasteiger partial charge in [0.05, 0.1) is 16.6 Å². The third kappa shape index (κ3) is 6.60. The van der Waals surface area contributed by atoms with Gasteiger partial charge in [0.2, 0.25) is 11.8 Å². The van der Waals surface area contributed by atoms with Crippen molar-refractivity contribution in [3.8, 4) is 17.1 Å². The molecule has 2 aliphatic rings. The van der Waals surface area contributed by atoms with Gasteiger partial charge in [-0.25, -0.2) is 18.1 Å². The van der Waals surface area contributed by atoms with Gasteiger partial charge in [-0.3, -0.25) is 4.79 Å². The van der Waals surface area contributed by atoms with Gasteiger partial charge in [0.15, 0.2) is 0 Å². The summed E-state index contributed by atoms with van der Waals surface area (Å²) in [6.45, 7) is 10.6. The average Bonchev–Trinajstić information content (AvgIpc) is 2.91. The summed E-state index contributed by atoms with van der Waals surface area (Å²) >= 11 is 0. The number of aromatic nitrogens is 2. The van der Waals surface area contributed by atoms with Crippen molar-refractivity contribution < 1.29 is 17.9 Å². The Balaban J connectivity index is 1.67. The number of hydrogen-bond donors (Lipinski definition) is 2. The van der Waals surface area contributed by atoms with Gasteiger partial charge in [0.1, 0.15) is 6.61 Å². The van der Waals surface area contributed by atoms with Crippen LogP contribution in [0.1, 0.15) is 74.4 Å². The molecule has 3 aromatic rings. The number of benzene rings is 2. The minimum Gasteiger partial charge on any atom is -0.475 e. The van der Waals surface area contributed by atoms with Gasteiger partial charge in [-0.05, 0) is 80.7 Å². The van der Waals surface area contributed by atoms with Gasteiger partial charge < -0.3 is 15.4 Å². The summed E-state index contributed by atoms with van der Waals surface area (Å²) in [5.74, 6) is -0.0615. The number of nitrogens with two attached hydrogens (primary N) is 1. The molecule has 1 atom stereocenters. The Kier molecular flexibility index (Phi) is 8.31. The second-order valence-electron chi connectivity index (χ2n) is 12.8. The van der Waals surface area contributed by atoms with Gasteiger partial charge in [-0.2, -0.15) is 4.98 Å². The van der Waals surface area contributed by atoms with Crippen molar-refractivity contribution in [3.63, 3.8) is 0 Å². The summed E-state index contributed by atoms with van der Waals surface area (Å²) in [7, 11) is -4.11. The summed E-state index contributed by atoms with van der Waals surface area (Å²) in [5, 5.41) is 0. The molecule has 5 rings (SSSR count). The number of nitrogens with one attached hydrogen (secondary N) is 1. The lowest BCUT2D eigenvalue weighted by Crippen LogP contribution is -2.52. The number of carbonyl (C=O) groups excluding carboxylic acids is 1. The number of hydrogen-bond acceptors (Lipinski definition) is 7. The van der Waals surface area contributed by atoms with E-state index in [2.05, 4.69) is 35.5 Å². The third-order valence-corrected chi connectivity index (χ3v) is 9.42. The van der Waals surface area contributed by atoms with Crippen molar-refractivity contribution in [1.82, 2.24) is 14.9 Å². The highest BCUT2D eigenvalue weighted by molar-refractivity contribution is 7.92. The van der Waals surface area contributed by atoms with Gasteiger partial charge >= 0.3 is 0 Å². The molecule has 0 spiro atoms. The molecular formula is C32H41N5O4S. The fraction of sp³-hybridized carbons (Fsp3) is 0.469. The quantitative estimate of drug-likeness (QED) is 0.413. The molecule has 3 N–H and O–H groups in total. The third-order valence-electron chi connectivity index (χ3n) is 8.09. The molecule has 1 aliphatic heterocycles. The van der Waals surface area contributed by atoms with E-state index in [4.69, 9.17) is 10.5 Å². The monoisotopic (exact) mass is 591 g/mol. The normalized spacial score (nSPS) is 22.7. The van der Waals surface area contributed by atoms with Crippen molar-refractivity contribution in [3.05, 3.63) is 65.2 Å². The second kappa shape index (κ2) is 11.6. The minimum absolute atomic E-state index is 0.0332. The molecule has 0 unspecified atom stereocenters. The Bertz CT molecular complexity index is 1560.